The topological polar surface area (TPSA) is 110 Å². The fraction of sp³-hybridized carbons (Fsp3) is 0.0625. The van der Waals surface area contributed by atoms with E-state index in [1.807, 2.05) is 6.07 Å². The molecule has 8 heteroatoms. The summed E-state index contributed by atoms with van der Waals surface area (Å²) in [7, 11) is 0. The number of amides is 1. The molecule has 0 aliphatic rings. The molecule has 0 unspecified atom stereocenters. The summed E-state index contributed by atoms with van der Waals surface area (Å²) in [6, 6.07) is 8.78. The average molecular weight is 323 g/mol. The molecule has 0 fully saturated rings. The number of nitrogens with zero attached hydrogens (tertiary/aromatic N) is 3. The Kier molecular flexibility index (Phi) is 4.02. The van der Waals surface area contributed by atoms with Gasteiger partial charge in [0.25, 0.3) is 5.56 Å². The zero-order valence-electron chi connectivity index (χ0n) is 12.7. The molecule has 0 aliphatic carbocycles. The Bertz CT molecular complexity index is 1000. The largest absolute Gasteiger partial charge is 0.296 e. The standard InChI is InChI=1S/C16H13N5O3/c1-10(22)18-16-19-14-13(15(24)20-16)17-9-21(14)8-7-12(23)11-5-3-2-4-6-11/h2-9H,1H3,(H2,18,19,20,22,24)/b8-7+. The number of imidazole rings is 1. The van der Waals surface area contributed by atoms with E-state index in [4.69, 9.17) is 0 Å². The van der Waals surface area contributed by atoms with E-state index in [9.17, 15) is 14.4 Å². The van der Waals surface area contributed by atoms with Gasteiger partial charge in [-0.25, -0.2) is 4.98 Å². The molecule has 0 radical (unpaired) electrons. The highest BCUT2D eigenvalue weighted by molar-refractivity contribution is 6.06. The summed E-state index contributed by atoms with van der Waals surface area (Å²) in [6.07, 6.45) is 4.20. The van der Waals surface area contributed by atoms with E-state index in [1.165, 1.54) is 30.1 Å². The number of rotatable bonds is 4. The lowest BCUT2D eigenvalue weighted by molar-refractivity contribution is -0.114. The Morgan fingerprint density at radius 3 is 2.71 bits per heavy atom. The Balaban J connectivity index is 1.96. The van der Waals surface area contributed by atoms with Crippen molar-refractivity contribution in [3.63, 3.8) is 0 Å². The van der Waals surface area contributed by atoms with Gasteiger partial charge in [-0.2, -0.15) is 4.98 Å². The molecule has 0 spiro atoms. The van der Waals surface area contributed by atoms with Crippen molar-refractivity contribution in [3.8, 4) is 0 Å². The number of ketones is 1. The van der Waals surface area contributed by atoms with Crippen LogP contribution in [-0.2, 0) is 4.79 Å². The van der Waals surface area contributed by atoms with Gasteiger partial charge in [0.15, 0.2) is 16.9 Å². The number of hydrogen-bond acceptors (Lipinski definition) is 5. The van der Waals surface area contributed by atoms with Crippen molar-refractivity contribution in [2.24, 2.45) is 0 Å². The van der Waals surface area contributed by atoms with Gasteiger partial charge in [0.1, 0.15) is 6.33 Å². The maximum absolute atomic E-state index is 12.1. The number of fused-ring (bicyclic) bond motifs is 1. The molecular formula is C16H13N5O3. The molecule has 0 aliphatic heterocycles. The fourth-order valence-electron chi connectivity index (χ4n) is 2.11. The molecule has 3 aromatic rings. The summed E-state index contributed by atoms with van der Waals surface area (Å²) in [5.74, 6) is -0.535. The number of nitrogens with one attached hydrogen (secondary N) is 2. The Labute approximate surface area is 135 Å². The van der Waals surface area contributed by atoms with E-state index in [0.717, 1.165) is 0 Å². The lowest BCUT2D eigenvalue weighted by Crippen LogP contribution is -2.16. The monoisotopic (exact) mass is 323 g/mol. The first-order chi connectivity index (χ1) is 11.5. The number of benzene rings is 1. The van der Waals surface area contributed by atoms with Crippen LogP contribution < -0.4 is 10.9 Å². The van der Waals surface area contributed by atoms with Gasteiger partial charge in [0, 0.05) is 24.8 Å². The second-order valence-electron chi connectivity index (χ2n) is 4.97. The number of allylic oxidation sites excluding steroid dienone is 1. The number of aromatic nitrogens is 4. The van der Waals surface area contributed by atoms with Crippen LogP contribution in [0.5, 0.6) is 0 Å². The molecular weight excluding hydrogens is 310 g/mol. The third-order valence-corrected chi connectivity index (χ3v) is 3.17. The average Bonchev–Trinajstić information content (AvgIpc) is 2.96. The zero-order chi connectivity index (χ0) is 17.1. The van der Waals surface area contributed by atoms with Crippen molar-refractivity contribution < 1.29 is 9.59 Å². The van der Waals surface area contributed by atoms with Crippen LogP contribution in [0.3, 0.4) is 0 Å². The molecule has 0 saturated carbocycles. The van der Waals surface area contributed by atoms with Gasteiger partial charge in [0.2, 0.25) is 11.9 Å². The number of H-pyrrole nitrogens is 1. The van der Waals surface area contributed by atoms with Gasteiger partial charge in [-0.05, 0) is 0 Å². The third-order valence-electron chi connectivity index (χ3n) is 3.17. The summed E-state index contributed by atoms with van der Waals surface area (Å²) >= 11 is 0. The van der Waals surface area contributed by atoms with Crippen molar-refractivity contribution in [2.75, 3.05) is 5.32 Å². The minimum absolute atomic E-state index is 0.0181. The second kappa shape index (κ2) is 6.29. The van der Waals surface area contributed by atoms with Crippen LogP contribution in [0.2, 0.25) is 0 Å². The number of aromatic amines is 1. The second-order valence-corrected chi connectivity index (χ2v) is 4.97. The van der Waals surface area contributed by atoms with Crippen molar-refractivity contribution >= 4 is 35.0 Å². The lowest BCUT2D eigenvalue weighted by Gasteiger charge is -2.01. The Morgan fingerprint density at radius 1 is 1.25 bits per heavy atom. The molecule has 1 aromatic carbocycles. The highest BCUT2D eigenvalue weighted by atomic mass is 16.2. The van der Waals surface area contributed by atoms with Crippen LogP contribution in [0.15, 0.2) is 47.5 Å². The quantitative estimate of drug-likeness (QED) is 0.557. The minimum atomic E-state index is -0.481. The first-order valence-electron chi connectivity index (χ1n) is 7.06. The highest BCUT2D eigenvalue weighted by Gasteiger charge is 2.10. The maximum atomic E-state index is 12.1. The predicted octanol–water partition coefficient (Wildman–Crippen LogP) is 1.43. The number of carbonyl (C=O) groups excluding carboxylic acids is 2. The van der Waals surface area contributed by atoms with Crippen LogP contribution in [0, 0.1) is 0 Å². The third kappa shape index (κ3) is 3.12. The van der Waals surface area contributed by atoms with Crippen LogP contribution in [-0.4, -0.2) is 31.2 Å². The SMILES string of the molecule is CC(=O)Nc1nc2c(ncn2/C=C/C(=O)c2ccccc2)c(=O)[nH]1. The fourth-order valence-corrected chi connectivity index (χ4v) is 2.11. The Hall–Kier alpha value is -3.55. The Morgan fingerprint density at radius 2 is 2.00 bits per heavy atom. The smallest absolute Gasteiger partial charge is 0.280 e. The van der Waals surface area contributed by atoms with E-state index in [-0.39, 0.29) is 28.8 Å². The van der Waals surface area contributed by atoms with E-state index >= 15 is 0 Å². The van der Waals surface area contributed by atoms with Crippen LogP contribution in [0.25, 0.3) is 17.4 Å². The van der Waals surface area contributed by atoms with Crippen LogP contribution in [0.4, 0.5) is 5.95 Å². The van der Waals surface area contributed by atoms with E-state index in [0.29, 0.717) is 5.56 Å². The summed E-state index contributed by atoms with van der Waals surface area (Å²) in [5, 5.41) is 2.41. The number of hydrogen-bond donors (Lipinski definition) is 2. The molecule has 8 nitrogen and oxygen atoms in total. The molecule has 24 heavy (non-hydrogen) atoms. The number of anilines is 1. The summed E-state index contributed by atoms with van der Waals surface area (Å²) < 4.78 is 1.44. The lowest BCUT2D eigenvalue weighted by atomic mass is 10.1. The molecule has 2 heterocycles. The van der Waals surface area contributed by atoms with Gasteiger partial charge in [-0.15, -0.1) is 0 Å². The van der Waals surface area contributed by atoms with Gasteiger partial charge in [-0.1, -0.05) is 30.3 Å². The van der Waals surface area contributed by atoms with Crippen molar-refractivity contribution in [3.05, 3.63) is 58.7 Å². The molecule has 3 rings (SSSR count). The normalized spacial score (nSPS) is 11.0. The summed E-state index contributed by atoms with van der Waals surface area (Å²) in [4.78, 5) is 45.7. The van der Waals surface area contributed by atoms with Crippen LogP contribution in [0.1, 0.15) is 17.3 Å². The van der Waals surface area contributed by atoms with Crippen molar-refractivity contribution in [2.45, 2.75) is 6.92 Å². The molecule has 0 saturated heterocycles. The molecule has 0 bridgehead atoms. The number of carbonyl (C=O) groups is 2. The zero-order valence-corrected chi connectivity index (χ0v) is 12.7. The molecule has 0 atom stereocenters. The minimum Gasteiger partial charge on any atom is -0.296 e. The van der Waals surface area contributed by atoms with Crippen molar-refractivity contribution in [1.29, 1.82) is 0 Å². The van der Waals surface area contributed by atoms with Gasteiger partial charge < -0.3 is 0 Å². The van der Waals surface area contributed by atoms with Gasteiger partial charge in [-0.3, -0.25) is 29.3 Å². The molecule has 1 amide bonds. The van der Waals surface area contributed by atoms with E-state index in [2.05, 4.69) is 20.3 Å². The van der Waals surface area contributed by atoms with E-state index in [1.54, 1.807) is 24.3 Å². The molecule has 2 aromatic heterocycles. The first-order valence-corrected chi connectivity index (χ1v) is 7.06. The maximum Gasteiger partial charge on any atom is 0.280 e. The van der Waals surface area contributed by atoms with Crippen molar-refractivity contribution in [1.82, 2.24) is 19.5 Å². The van der Waals surface area contributed by atoms with E-state index < -0.39 is 5.56 Å². The first kappa shape index (κ1) is 15.3. The van der Waals surface area contributed by atoms with Crippen LogP contribution >= 0.6 is 0 Å². The molecule has 120 valence electrons. The predicted molar refractivity (Wildman–Crippen MR) is 88.6 cm³/mol. The summed E-state index contributed by atoms with van der Waals surface area (Å²) in [5.41, 5.74) is 0.411. The molecule has 2 N–H and O–H groups in total. The van der Waals surface area contributed by atoms with Gasteiger partial charge in [0.05, 0.1) is 0 Å². The van der Waals surface area contributed by atoms with Gasteiger partial charge >= 0.3 is 0 Å². The summed E-state index contributed by atoms with van der Waals surface area (Å²) in [6.45, 7) is 1.31. The highest BCUT2D eigenvalue weighted by Crippen LogP contribution is 2.09.